The molecule has 0 aliphatic carbocycles. The number of halogens is 1. The zero-order chi connectivity index (χ0) is 9.80. The monoisotopic (exact) mass is 211 g/mol. The van der Waals surface area contributed by atoms with Crippen LogP contribution in [0.4, 0.5) is 5.69 Å². The molecular formula is C11H14ClNO. The van der Waals surface area contributed by atoms with Crippen molar-refractivity contribution < 1.29 is 4.74 Å². The van der Waals surface area contributed by atoms with Crippen LogP contribution in [0.15, 0.2) is 30.3 Å². The van der Waals surface area contributed by atoms with Crippen molar-refractivity contribution in [2.45, 2.75) is 17.8 Å². The van der Waals surface area contributed by atoms with Gasteiger partial charge in [-0.15, -0.1) is 11.6 Å². The van der Waals surface area contributed by atoms with E-state index in [-0.39, 0.29) is 5.38 Å². The highest BCUT2D eigenvalue weighted by atomic mass is 35.5. The first-order valence-corrected chi connectivity index (χ1v) is 5.33. The SMILES string of the molecule is ClC1COCCC1Nc1ccccc1. The van der Waals surface area contributed by atoms with Crippen LogP contribution >= 0.6 is 11.6 Å². The summed E-state index contributed by atoms with van der Waals surface area (Å²) in [5, 5.41) is 3.49. The molecule has 1 N–H and O–H groups in total. The van der Waals surface area contributed by atoms with E-state index in [1.165, 1.54) is 0 Å². The highest BCUT2D eigenvalue weighted by Gasteiger charge is 2.23. The molecule has 14 heavy (non-hydrogen) atoms. The smallest absolute Gasteiger partial charge is 0.0771 e. The predicted octanol–water partition coefficient (Wildman–Crippen LogP) is 2.49. The molecule has 76 valence electrons. The third-order valence-corrected chi connectivity index (χ3v) is 2.84. The second kappa shape index (κ2) is 4.67. The van der Waals surface area contributed by atoms with E-state index in [1.54, 1.807) is 0 Å². The van der Waals surface area contributed by atoms with Gasteiger partial charge in [-0.05, 0) is 18.6 Å². The standard InChI is InChI=1S/C11H14ClNO/c12-10-8-14-7-6-11(10)13-9-4-2-1-3-5-9/h1-5,10-11,13H,6-8H2. The molecule has 2 atom stereocenters. The molecule has 1 aromatic carbocycles. The highest BCUT2D eigenvalue weighted by Crippen LogP contribution is 2.18. The second-order valence-electron chi connectivity index (χ2n) is 3.50. The van der Waals surface area contributed by atoms with Crippen LogP contribution in [0.1, 0.15) is 6.42 Å². The minimum atomic E-state index is 0.0731. The first kappa shape index (κ1) is 9.81. The molecule has 0 aromatic heterocycles. The molecule has 3 heteroatoms. The molecule has 1 saturated heterocycles. The molecule has 0 amide bonds. The molecule has 1 aliphatic heterocycles. The van der Waals surface area contributed by atoms with Gasteiger partial charge in [0.05, 0.1) is 12.0 Å². The maximum absolute atomic E-state index is 6.15. The van der Waals surface area contributed by atoms with Crippen LogP contribution in [0.25, 0.3) is 0 Å². The van der Waals surface area contributed by atoms with Crippen LogP contribution in [-0.2, 0) is 4.74 Å². The van der Waals surface area contributed by atoms with Crippen molar-refractivity contribution in [3.63, 3.8) is 0 Å². The fraction of sp³-hybridized carbons (Fsp3) is 0.455. The Morgan fingerprint density at radius 2 is 2.07 bits per heavy atom. The van der Waals surface area contributed by atoms with E-state index in [1.807, 2.05) is 18.2 Å². The molecule has 0 spiro atoms. The molecule has 1 fully saturated rings. The summed E-state index contributed by atoms with van der Waals surface area (Å²) in [5.41, 5.74) is 1.13. The maximum atomic E-state index is 6.15. The number of anilines is 1. The van der Waals surface area contributed by atoms with Crippen LogP contribution in [0.2, 0.25) is 0 Å². The molecule has 0 radical (unpaired) electrons. The van der Waals surface area contributed by atoms with Crippen molar-refractivity contribution in [2.24, 2.45) is 0 Å². The van der Waals surface area contributed by atoms with Crippen molar-refractivity contribution >= 4 is 17.3 Å². The number of alkyl halides is 1. The van der Waals surface area contributed by atoms with Gasteiger partial charge in [-0.2, -0.15) is 0 Å². The topological polar surface area (TPSA) is 21.3 Å². The van der Waals surface area contributed by atoms with Gasteiger partial charge in [0.2, 0.25) is 0 Å². The Morgan fingerprint density at radius 3 is 2.79 bits per heavy atom. The minimum Gasteiger partial charge on any atom is -0.381 e. The molecule has 1 aliphatic rings. The third-order valence-electron chi connectivity index (χ3n) is 2.41. The Morgan fingerprint density at radius 1 is 1.29 bits per heavy atom. The van der Waals surface area contributed by atoms with Gasteiger partial charge in [0.1, 0.15) is 0 Å². The fourth-order valence-corrected chi connectivity index (χ4v) is 1.89. The van der Waals surface area contributed by atoms with E-state index in [0.717, 1.165) is 18.7 Å². The molecule has 2 rings (SSSR count). The number of hydrogen-bond donors (Lipinski definition) is 1. The molecule has 1 heterocycles. The molecular weight excluding hydrogens is 198 g/mol. The minimum absolute atomic E-state index is 0.0731. The Hall–Kier alpha value is -0.730. The Bertz CT molecular complexity index is 278. The number of ether oxygens (including phenoxy) is 1. The Labute approximate surface area is 89.2 Å². The van der Waals surface area contributed by atoms with Crippen molar-refractivity contribution in [1.82, 2.24) is 0 Å². The summed E-state index contributed by atoms with van der Waals surface area (Å²) in [6, 6.07) is 10.5. The molecule has 2 nitrogen and oxygen atoms in total. The number of hydrogen-bond acceptors (Lipinski definition) is 2. The Balaban J connectivity index is 1.96. The summed E-state index contributed by atoms with van der Waals surface area (Å²) in [6.07, 6.45) is 0.975. The Kier molecular flexibility index (Phi) is 3.27. The van der Waals surface area contributed by atoms with Gasteiger partial charge in [0, 0.05) is 18.3 Å². The van der Waals surface area contributed by atoms with Gasteiger partial charge < -0.3 is 10.1 Å². The van der Waals surface area contributed by atoms with Crippen molar-refractivity contribution in [3.05, 3.63) is 30.3 Å². The predicted molar refractivity (Wildman–Crippen MR) is 58.9 cm³/mol. The van der Waals surface area contributed by atoms with Crippen molar-refractivity contribution in [1.29, 1.82) is 0 Å². The third kappa shape index (κ3) is 2.40. The van der Waals surface area contributed by atoms with Crippen LogP contribution in [-0.4, -0.2) is 24.6 Å². The van der Waals surface area contributed by atoms with Crippen LogP contribution in [0, 0.1) is 0 Å². The zero-order valence-corrected chi connectivity index (χ0v) is 8.70. The molecule has 2 unspecified atom stereocenters. The summed E-state index contributed by atoms with van der Waals surface area (Å²) in [4.78, 5) is 0. The molecule has 0 bridgehead atoms. The van der Waals surface area contributed by atoms with Gasteiger partial charge in [-0.25, -0.2) is 0 Å². The summed E-state index contributed by atoms with van der Waals surface area (Å²) in [6.45, 7) is 1.44. The maximum Gasteiger partial charge on any atom is 0.0771 e. The lowest BCUT2D eigenvalue weighted by molar-refractivity contribution is 0.0935. The normalized spacial score (nSPS) is 27.2. The first-order valence-electron chi connectivity index (χ1n) is 4.89. The van der Waals surface area contributed by atoms with Gasteiger partial charge in [-0.3, -0.25) is 0 Å². The lowest BCUT2D eigenvalue weighted by Gasteiger charge is -2.28. The highest BCUT2D eigenvalue weighted by molar-refractivity contribution is 6.21. The second-order valence-corrected chi connectivity index (χ2v) is 4.06. The van der Waals surface area contributed by atoms with E-state index < -0.39 is 0 Å². The van der Waals surface area contributed by atoms with Crippen molar-refractivity contribution in [2.75, 3.05) is 18.5 Å². The van der Waals surface area contributed by atoms with Crippen LogP contribution in [0.5, 0.6) is 0 Å². The summed E-state index contributed by atoms with van der Waals surface area (Å²) in [7, 11) is 0. The average molecular weight is 212 g/mol. The van der Waals surface area contributed by atoms with E-state index in [9.17, 15) is 0 Å². The largest absolute Gasteiger partial charge is 0.381 e. The zero-order valence-electron chi connectivity index (χ0n) is 7.95. The van der Waals surface area contributed by atoms with Crippen LogP contribution in [0.3, 0.4) is 0 Å². The summed E-state index contributed by atoms with van der Waals surface area (Å²) in [5.74, 6) is 0. The number of benzene rings is 1. The number of nitrogens with one attached hydrogen (secondary N) is 1. The van der Waals surface area contributed by atoms with Gasteiger partial charge >= 0.3 is 0 Å². The van der Waals surface area contributed by atoms with Crippen LogP contribution < -0.4 is 5.32 Å². The quantitative estimate of drug-likeness (QED) is 0.759. The lowest BCUT2D eigenvalue weighted by atomic mass is 10.1. The number of para-hydroxylation sites is 1. The van der Waals surface area contributed by atoms with E-state index in [4.69, 9.17) is 16.3 Å². The van der Waals surface area contributed by atoms with E-state index >= 15 is 0 Å². The lowest BCUT2D eigenvalue weighted by Crippen LogP contribution is -2.38. The first-order chi connectivity index (χ1) is 6.86. The molecule has 1 aromatic rings. The molecule has 0 saturated carbocycles. The van der Waals surface area contributed by atoms with Gasteiger partial charge in [0.25, 0.3) is 0 Å². The summed E-state index contributed by atoms with van der Waals surface area (Å²) >= 11 is 6.15. The number of rotatable bonds is 2. The van der Waals surface area contributed by atoms with E-state index in [0.29, 0.717) is 12.6 Å². The average Bonchev–Trinajstić information content (AvgIpc) is 2.23. The fourth-order valence-electron chi connectivity index (χ4n) is 1.61. The van der Waals surface area contributed by atoms with Gasteiger partial charge in [0.15, 0.2) is 0 Å². The summed E-state index contributed by atoms with van der Waals surface area (Å²) < 4.78 is 5.28. The van der Waals surface area contributed by atoms with Gasteiger partial charge in [-0.1, -0.05) is 18.2 Å². The van der Waals surface area contributed by atoms with E-state index in [2.05, 4.69) is 17.4 Å². The van der Waals surface area contributed by atoms with Crippen molar-refractivity contribution in [3.8, 4) is 0 Å².